The van der Waals surface area contributed by atoms with Crippen molar-refractivity contribution in [3.8, 4) is 11.1 Å². The minimum absolute atomic E-state index is 0.0315. The summed E-state index contributed by atoms with van der Waals surface area (Å²) >= 11 is 0. The zero-order valence-electron chi connectivity index (χ0n) is 19.7. The van der Waals surface area contributed by atoms with Gasteiger partial charge < -0.3 is 24.8 Å². The lowest BCUT2D eigenvalue weighted by atomic mass is 9.67. The number of alkyl carbamates (subject to hydrolysis) is 1. The molecule has 2 fully saturated rings. The smallest absolute Gasteiger partial charge is 0.407 e. The Balaban J connectivity index is 1.20. The number of hydrogen-bond acceptors (Lipinski definition) is 5. The van der Waals surface area contributed by atoms with Gasteiger partial charge in [-0.2, -0.15) is 0 Å². The van der Waals surface area contributed by atoms with Crippen molar-refractivity contribution in [2.24, 2.45) is 11.3 Å². The third kappa shape index (κ3) is 4.16. The summed E-state index contributed by atoms with van der Waals surface area (Å²) in [4.78, 5) is 39.1. The number of methoxy groups -OCH3 is 1. The number of benzene rings is 2. The molecule has 3 aliphatic rings. The van der Waals surface area contributed by atoms with Crippen molar-refractivity contribution in [3.63, 3.8) is 0 Å². The van der Waals surface area contributed by atoms with Crippen molar-refractivity contribution < 1.29 is 29.0 Å². The van der Waals surface area contributed by atoms with Crippen molar-refractivity contribution in [1.29, 1.82) is 0 Å². The molecule has 0 radical (unpaired) electrons. The standard InChI is InChI=1S/C27H30N2O6/c1-34-23-14-29(13-21(23)24(30)31)25(32)27(11-6-12-27)16-28-26(33)35-15-22-19-9-4-2-7-17(19)18-8-3-5-10-20(18)22/h2-5,7-10,21-23H,6,11-16H2,1H3,(H,28,33)(H,30,31). The number of hydrogen-bond donors (Lipinski definition) is 2. The molecule has 184 valence electrons. The Labute approximate surface area is 204 Å². The van der Waals surface area contributed by atoms with Crippen molar-refractivity contribution in [2.45, 2.75) is 31.3 Å². The van der Waals surface area contributed by atoms with E-state index in [2.05, 4.69) is 29.6 Å². The van der Waals surface area contributed by atoms with E-state index in [1.54, 1.807) is 4.90 Å². The number of likely N-dealkylation sites (tertiary alicyclic amines) is 1. The van der Waals surface area contributed by atoms with Crippen molar-refractivity contribution in [1.82, 2.24) is 10.2 Å². The zero-order valence-corrected chi connectivity index (χ0v) is 19.7. The van der Waals surface area contributed by atoms with Gasteiger partial charge in [0, 0.05) is 32.7 Å². The van der Waals surface area contributed by atoms with E-state index in [4.69, 9.17) is 9.47 Å². The summed E-state index contributed by atoms with van der Waals surface area (Å²) in [5.74, 6) is -1.85. The normalized spacial score (nSPS) is 22.1. The van der Waals surface area contributed by atoms with E-state index in [1.807, 2.05) is 24.3 Å². The van der Waals surface area contributed by atoms with Crippen LogP contribution in [0.4, 0.5) is 4.79 Å². The van der Waals surface area contributed by atoms with E-state index in [0.717, 1.165) is 28.7 Å². The van der Waals surface area contributed by atoms with Gasteiger partial charge in [-0.1, -0.05) is 55.0 Å². The van der Waals surface area contributed by atoms with Gasteiger partial charge in [-0.25, -0.2) is 4.79 Å². The van der Waals surface area contributed by atoms with Crippen LogP contribution in [0.2, 0.25) is 0 Å². The lowest BCUT2D eigenvalue weighted by Gasteiger charge is -2.42. The number of carbonyl (C=O) groups is 3. The fraction of sp³-hybridized carbons (Fsp3) is 0.444. The van der Waals surface area contributed by atoms with Gasteiger partial charge in [-0.3, -0.25) is 9.59 Å². The molecule has 0 bridgehead atoms. The second kappa shape index (κ2) is 9.34. The van der Waals surface area contributed by atoms with E-state index < -0.39 is 29.5 Å². The van der Waals surface area contributed by atoms with Gasteiger partial charge in [-0.15, -0.1) is 0 Å². The summed E-state index contributed by atoms with van der Waals surface area (Å²) in [6.07, 6.45) is 1.12. The maximum Gasteiger partial charge on any atom is 0.407 e. The summed E-state index contributed by atoms with van der Waals surface area (Å²) in [5.41, 5.74) is 3.90. The molecule has 2 aliphatic carbocycles. The highest BCUT2D eigenvalue weighted by Crippen LogP contribution is 2.45. The Hall–Kier alpha value is -3.39. The first kappa shape index (κ1) is 23.4. The van der Waals surface area contributed by atoms with Crippen molar-refractivity contribution in [2.75, 3.05) is 33.4 Å². The Morgan fingerprint density at radius 2 is 1.66 bits per heavy atom. The monoisotopic (exact) mass is 478 g/mol. The second-order valence-corrected chi connectivity index (χ2v) is 9.74. The maximum atomic E-state index is 13.3. The third-order valence-corrected chi connectivity index (χ3v) is 7.85. The molecule has 2 atom stereocenters. The number of rotatable bonds is 7. The van der Waals surface area contributed by atoms with Crippen molar-refractivity contribution >= 4 is 18.0 Å². The third-order valence-electron chi connectivity index (χ3n) is 7.85. The maximum absolute atomic E-state index is 13.3. The highest BCUT2D eigenvalue weighted by molar-refractivity contribution is 5.86. The number of amides is 2. The van der Waals surface area contributed by atoms with Gasteiger partial charge in [-0.05, 0) is 35.1 Å². The lowest BCUT2D eigenvalue weighted by molar-refractivity contribution is -0.146. The first-order valence-electron chi connectivity index (χ1n) is 12.1. The van der Waals surface area contributed by atoms with Crippen molar-refractivity contribution in [3.05, 3.63) is 59.7 Å². The summed E-state index contributed by atoms with van der Waals surface area (Å²) in [7, 11) is 1.46. The summed E-state index contributed by atoms with van der Waals surface area (Å²) in [5, 5.41) is 12.2. The number of carboxylic acid groups (broad SMARTS) is 1. The summed E-state index contributed by atoms with van der Waals surface area (Å²) in [6, 6.07) is 16.3. The van der Waals surface area contributed by atoms with Crippen LogP contribution in [0.5, 0.6) is 0 Å². The number of aliphatic carboxylic acids is 1. The Kier molecular flexibility index (Phi) is 6.23. The van der Waals surface area contributed by atoms with E-state index in [0.29, 0.717) is 12.8 Å². The molecule has 5 rings (SSSR count). The first-order chi connectivity index (χ1) is 16.9. The predicted molar refractivity (Wildman–Crippen MR) is 128 cm³/mol. The molecule has 1 saturated heterocycles. The molecule has 2 N–H and O–H groups in total. The molecule has 1 heterocycles. The first-order valence-corrected chi connectivity index (χ1v) is 12.1. The molecular weight excluding hydrogens is 448 g/mol. The van der Waals surface area contributed by atoms with Gasteiger partial charge in [0.05, 0.1) is 11.5 Å². The van der Waals surface area contributed by atoms with Gasteiger partial charge >= 0.3 is 12.1 Å². The van der Waals surface area contributed by atoms with Crippen LogP contribution in [0.15, 0.2) is 48.5 Å². The molecule has 8 nitrogen and oxygen atoms in total. The molecule has 0 aromatic heterocycles. The molecule has 2 aromatic rings. The van der Waals surface area contributed by atoms with E-state index in [-0.39, 0.29) is 38.1 Å². The average molecular weight is 479 g/mol. The minimum Gasteiger partial charge on any atom is -0.481 e. The second-order valence-electron chi connectivity index (χ2n) is 9.74. The largest absolute Gasteiger partial charge is 0.481 e. The summed E-state index contributed by atoms with van der Waals surface area (Å²) in [6.45, 7) is 0.759. The molecule has 2 aromatic carbocycles. The number of carbonyl (C=O) groups excluding carboxylic acids is 2. The highest BCUT2D eigenvalue weighted by atomic mass is 16.5. The van der Waals surface area contributed by atoms with Crippen LogP contribution in [-0.2, 0) is 19.1 Å². The molecule has 1 saturated carbocycles. The Bertz CT molecular complexity index is 1100. The Morgan fingerprint density at radius 1 is 1.03 bits per heavy atom. The van der Waals surface area contributed by atoms with E-state index in [1.165, 1.54) is 7.11 Å². The van der Waals surface area contributed by atoms with Crippen LogP contribution in [-0.4, -0.2) is 67.4 Å². The molecule has 35 heavy (non-hydrogen) atoms. The van der Waals surface area contributed by atoms with Gasteiger partial charge in [0.25, 0.3) is 0 Å². The predicted octanol–water partition coefficient (Wildman–Crippen LogP) is 3.25. The van der Waals surface area contributed by atoms with Crippen LogP contribution in [0, 0.1) is 11.3 Å². The minimum atomic E-state index is -0.966. The molecule has 2 unspecified atom stereocenters. The number of ether oxygens (including phenoxy) is 2. The van der Waals surface area contributed by atoms with Crippen LogP contribution in [0.1, 0.15) is 36.3 Å². The number of fused-ring (bicyclic) bond motifs is 3. The topological polar surface area (TPSA) is 105 Å². The fourth-order valence-electron chi connectivity index (χ4n) is 5.71. The van der Waals surface area contributed by atoms with E-state index >= 15 is 0 Å². The lowest BCUT2D eigenvalue weighted by Crippen LogP contribution is -2.53. The molecular formula is C27H30N2O6. The van der Waals surface area contributed by atoms with Gasteiger partial charge in [0.15, 0.2) is 0 Å². The quantitative estimate of drug-likeness (QED) is 0.633. The SMILES string of the molecule is COC1CN(C(=O)C2(CNC(=O)OCC3c4ccccc4-c4ccccc43)CCC2)CC1C(=O)O. The van der Waals surface area contributed by atoms with Crippen LogP contribution < -0.4 is 5.32 Å². The molecule has 0 spiro atoms. The average Bonchev–Trinajstić information content (AvgIpc) is 3.42. The van der Waals surface area contributed by atoms with Gasteiger partial charge in [0.2, 0.25) is 5.91 Å². The number of nitrogens with zero attached hydrogens (tertiary/aromatic N) is 1. The molecule has 1 aliphatic heterocycles. The van der Waals surface area contributed by atoms with Crippen LogP contribution >= 0.6 is 0 Å². The molecule has 2 amide bonds. The number of carboxylic acids is 1. The summed E-state index contributed by atoms with van der Waals surface area (Å²) < 4.78 is 10.9. The van der Waals surface area contributed by atoms with Gasteiger partial charge in [0.1, 0.15) is 12.5 Å². The zero-order chi connectivity index (χ0) is 24.6. The molecule has 8 heteroatoms. The van der Waals surface area contributed by atoms with Crippen LogP contribution in [0.25, 0.3) is 11.1 Å². The number of nitrogens with one attached hydrogen (secondary N) is 1. The van der Waals surface area contributed by atoms with E-state index in [9.17, 15) is 19.5 Å². The Morgan fingerprint density at radius 3 is 2.17 bits per heavy atom. The highest BCUT2D eigenvalue weighted by Gasteiger charge is 2.50. The van der Waals surface area contributed by atoms with Crippen LogP contribution in [0.3, 0.4) is 0 Å². The fourth-order valence-corrected chi connectivity index (χ4v) is 5.71.